The Labute approximate surface area is 82.7 Å². The molecule has 0 spiro atoms. The van der Waals surface area contributed by atoms with Crippen LogP contribution in [0.4, 0.5) is 0 Å². The average Bonchev–Trinajstić information content (AvgIpc) is 2.50. The molecule has 13 heavy (non-hydrogen) atoms. The fraction of sp³-hybridized carbons (Fsp3) is 0.500. The van der Waals surface area contributed by atoms with Crippen LogP contribution in [0.5, 0.6) is 0 Å². The van der Waals surface area contributed by atoms with Gasteiger partial charge in [0, 0.05) is 11.3 Å². The third kappa shape index (κ3) is 2.62. The van der Waals surface area contributed by atoms with Crippen molar-refractivity contribution in [3.63, 3.8) is 0 Å². The summed E-state index contributed by atoms with van der Waals surface area (Å²) in [5.74, 6) is 1.17. The van der Waals surface area contributed by atoms with E-state index in [0.29, 0.717) is 6.42 Å². The van der Waals surface area contributed by atoms with Crippen LogP contribution >= 0.6 is 11.8 Å². The van der Waals surface area contributed by atoms with E-state index in [0.717, 1.165) is 10.7 Å². The van der Waals surface area contributed by atoms with Crippen molar-refractivity contribution in [1.82, 2.24) is 0 Å². The van der Waals surface area contributed by atoms with Gasteiger partial charge >= 0.3 is 0 Å². The standard InChI is InChI=1S/C10H14O2S/c1-4-9(11)8(3)13-10-5-6-12-7(10)2/h5-6,8H,4H2,1-3H3. The van der Waals surface area contributed by atoms with E-state index in [1.165, 1.54) is 0 Å². The maximum Gasteiger partial charge on any atom is 0.145 e. The van der Waals surface area contributed by atoms with E-state index >= 15 is 0 Å². The minimum absolute atomic E-state index is 0.0290. The lowest BCUT2D eigenvalue weighted by atomic mass is 10.2. The molecule has 72 valence electrons. The zero-order chi connectivity index (χ0) is 9.84. The third-order valence-corrected chi connectivity index (χ3v) is 3.21. The molecule has 1 aromatic rings. The Kier molecular flexibility index (Phi) is 3.60. The van der Waals surface area contributed by atoms with Crippen molar-refractivity contribution < 1.29 is 9.21 Å². The molecule has 0 bridgehead atoms. The summed E-state index contributed by atoms with van der Waals surface area (Å²) in [6.45, 7) is 5.73. The molecule has 1 rings (SSSR count). The van der Waals surface area contributed by atoms with Gasteiger partial charge in [-0.05, 0) is 19.9 Å². The smallest absolute Gasteiger partial charge is 0.145 e. The lowest BCUT2D eigenvalue weighted by molar-refractivity contribution is -0.117. The van der Waals surface area contributed by atoms with E-state index in [1.54, 1.807) is 18.0 Å². The van der Waals surface area contributed by atoms with Crippen LogP contribution < -0.4 is 0 Å². The number of carbonyl (C=O) groups excluding carboxylic acids is 1. The summed E-state index contributed by atoms with van der Waals surface area (Å²) in [6, 6.07) is 1.90. The molecule has 1 aromatic heterocycles. The van der Waals surface area contributed by atoms with Crippen molar-refractivity contribution >= 4 is 17.5 Å². The molecule has 0 N–H and O–H groups in total. The summed E-state index contributed by atoms with van der Waals surface area (Å²) in [5.41, 5.74) is 0. The first-order chi connectivity index (χ1) is 6.15. The highest BCUT2D eigenvalue weighted by atomic mass is 32.2. The molecule has 0 aliphatic rings. The largest absolute Gasteiger partial charge is 0.468 e. The van der Waals surface area contributed by atoms with Gasteiger partial charge in [0.25, 0.3) is 0 Å². The summed E-state index contributed by atoms with van der Waals surface area (Å²) in [5, 5.41) is 0.0290. The Balaban J connectivity index is 2.59. The van der Waals surface area contributed by atoms with E-state index in [9.17, 15) is 4.79 Å². The van der Waals surface area contributed by atoms with Gasteiger partial charge in [-0.3, -0.25) is 4.79 Å². The first kappa shape index (κ1) is 10.4. The summed E-state index contributed by atoms with van der Waals surface area (Å²) in [7, 11) is 0. The average molecular weight is 198 g/mol. The van der Waals surface area contributed by atoms with Gasteiger partial charge in [0.15, 0.2) is 0 Å². The van der Waals surface area contributed by atoms with Gasteiger partial charge in [-0.1, -0.05) is 6.92 Å². The van der Waals surface area contributed by atoms with Gasteiger partial charge in [-0.15, -0.1) is 11.8 Å². The van der Waals surface area contributed by atoms with Gasteiger partial charge in [-0.25, -0.2) is 0 Å². The molecule has 0 saturated carbocycles. The van der Waals surface area contributed by atoms with E-state index in [-0.39, 0.29) is 11.0 Å². The number of ketones is 1. The second-order valence-electron chi connectivity index (χ2n) is 2.92. The minimum atomic E-state index is 0.0290. The summed E-state index contributed by atoms with van der Waals surface area (Å²) in [6.07, 6.45) is 2.26. The normalized spacial score (nSPS) is 12.8. The SMILES string of the molecule is CCC(=O)C(C)Sc1ccoc1C. The van der Waals surface area contributed by atoms with Crippen molar-refractivity contribution in [3.05, 3.63) is 18.1 Å². The van der Waals surface area contributed by atoms with E-state index in [2.05, 4.69) is 0 Å². The first-order valence-electron chi connectivity index (χ1n) is 4.38. The Morgan fingerprint density at radius 3 is 2.85 bits per heavy atom. The topological polar surface area (TPSA) is 30.2 Å². The minimum Gasteiger partial charge on any atom is -0.468 e. The number of carbonyl (C=O) groups is 1. The fourth-order valence-corrected chi connectivity index (χ4v) is 2.07. The van der Waals surface area contributed by atoms with Gasteiger partial charge in [0.1, 0.15) is 11.5 Å². The number of aryl methyl sites for hydroxylation is 1. The number of furan rings is 1. The molecule has 0 fully saturated rings. The van der Waals surface area contributed by atoms with Gasteiger partial charge in [-0.2, -0.15) is 0 Å². The summed E-state index contributed by atoms with van der Waals surface area (Å²) in [4.78, 5) is 12.4. The summed E-state index contributed by atoms with van der Waals surface area (Å²) < 4.78 is 5.15. The van der Waals surface area contributed by atoms with Crippen molar-refractivity contribution in [3.8, 4) is 0 Å². The monoisotopic (exact) mass is 198 g/mol. The highest BCUT2D eigenvalue weighted by Crippen LogP contribution is 2.27. The van der Waals surface area contributed by atoms with Gasteiger partial charge < -0.3 is 4.42 Å². The predicted octanol–water partition coefficient (Wildman–Crippen LogP) is 3.05. The van der Waals surface area contributed by atoms with E-state index < -0.39 is 0 Å². The van der Waals surface area contributed by atoms with Crippen LogP contribution in [0.15, 0.2) is 21.6 Å². The second-order valence-corrected chi connectivity index (χ2v) is 4.30. The third-order valence-electron chi connectivity index (χ3n) is 1.92. The van der Waals surface area contributed by atoms with Crippen molar-refractivity contribution in [1.29, 1.82) is 0 Å². The first-order valence-corrected chi connectivity index (χ1v) is 5.26. The van der Waals surface area contributed by atoms with Crippen LogP contribution in [0, 0.1) is 6.92 Å². The molecule has 0 saturated heterocycles. The van der Waals surface area contributed by atoms with Gasteiger partial charge in [0.05, 0.1) is 11.5 Å². The molecular weight excluding hydrogens is 184 g/mol. The molecular formula is C10H14O2S. The maximum atomic E-state index is 11.3. The molecule has 1 heterocycles. The quantitative estimate of drug-likeness (QED) is 0.696. The Hall–Kier alpha value is -0.700. The molecule has 0 radical (unpaired) electrons. The predicted molar refractivity (Wildman–Crippen MR) is 54.1 cm³/mol. The fourth-order valence-electron chi connectivity index (χ4n) is 1.04. The molecule has 0 aliphatic heterocycles. The summed E-state index contributed by atoms with van der Waals surface area (Å²) >= 11 is 1.57. The van der Waals surface area contributed by atoms with Crippen LogP contribution in [-0.2, 0) is 4.79 Å². The Bertz CT molecular complexity index is 291. The van der Waals surface area contributed by atoms with Crippen LogP contribution in [0.3, 0.4) is 0 Å². The molecule has 0 aliphatic carbocycles. The molecule has 1 unspecified atom stereocenters. The molecule has 1 atom stereocenters. The highest BCUT2D eigenvalue weighted by Gasteiger charge is 2.14. The second kappa shape index (κ2) is 4.51. The number of Topliss-reactive ketones (excluding diaryl/α,β-unsaturated/α-hetero) is 1. The van der Waals surface area contributed by atoms with Crippen LogP contribution in [0.2, 0.25) is 0 Å². The zero-order valence-corrected chi connectivity index (χ0v) is 8.98. The highest BCUT2D eigenvalue weighted by molar-refractivity contribution is 8.00. The number of thioether (sulfide) groups is 1. The Morgan fingerprint density at radius 1 is 1.69 bits per heavy atom. The number of hydrogen-bond donors (Lipinski definition) is 0. The van der Waals surface area contributed by atoms with Crippen LogP contribution in [0.1, 0.15) is 26.0 Å². The number of rotatable bonds is 4. The molecule has 2 nitrogen and oxygen atoms in total. The van der Waals surface area contributed by atoms with Crippen molar-refractivity contribution in [2.24, 2.45) is 0 Å². The van der Waals surface area contributed by atoms with E-state index in [1.807, 2.05) is 26.8 Å². The Morgan fingerprint density at radius 2 is 2.38 bits per heavy atom. The van der Waals surface area contributed by atoms with Gasteiger partial charge in [0.2, 0.25) is 0 Å². The molecule has 0 aromatic carbocycles. The number of hydrogen-bond acceptors (Lipinski definition) is 3. The van der Waals surface area contributed by atoms with Crippen LogP contribution in [-0.4, -0.2) is 11.0 Å². The van der Waals surface area contributed by atoms with Crippen molar-refractivity contribution in [2.75, 3.05) is 0 Å². The maximum absolute atomic E-state index is 11.3. The van der Waals surface area contributed by atoms with Crippen LogP contribution in [0.25, 0.3) is 0 Å². The molecule has 0 amide bonds. The van der Waals surface area contributed by atoms with E-state index in [4.69, 9.17) is 4.42 Å². The zero-order valence-electron chi connectivity index (χ0n) is 8.16. The lowest BCUT2D eigenvalue weighted by Crippen LogP contribution is -2.11. The van der Waals surface area contributed by atoms with Crippen molar-refractivity contribution in [2.45, 2.75) is 37.3 Å². The molecule has 3 heteroatoms. The lowest BCUT2D eigenvalue weighted by Gasteiger charge is -2.06.